The third-order valence-corrected chi connectivity index (χ3v) is 3.71. The van der Waals surface area contributed by atoms with Gasteiger partial charge in [-0.25, -0.2) is 0 Å². The third kappa shape index (κ3) is 2.19. The summed E-state index contributed by atoms with van der Waals surface area (Å²) in [5.41, 5.74) is 3.62. The van der Waals surface area contributed by atoms with Crippen molar-refractivity contribution in [1.82, 2.24) is 10.1 Å². The summed E-state index contributed by atoms with van der Waals surface area (Å²) in [4.78, 5) is 4.44. The monoisotopic (exact) mass is 298 g/mol. The van der Waals surface area contributed by atoms with Crippen molar-refractivity contribution in [2.75, 3.05) is 14.2 Å². The van der Waals surface area contributed by atoms with Crippen LogP contribution in [0.3, 0.4) is 0 Å². The average Bonchev–Trinajstić information content (AvgIpc) is 3.02. The maximum absolute atomic E-state index is 5.57. The van der Waals surface area contributed by atoms with E-state index in [2.05, 4.69) is 24.0 Å². The Morgan fingerprint density at radius 2 is 1.95 bits per heavy atom. The fourth-order valence-electron chi connectivity index (χ4n) is 2.60. The van der Waals surface area contributed by atoms with Crippen LogP contribution in [0.4, 0.5) is 0 Å². The average molecular weight is 298 g/mol. The molecular formula is C17H18N2O3. The Hall–Kier alpha value is -2.56. The topological polar surface area (TPSA) is 57.4 Å². The van der Waals surface area contributed by atoms with E-state index >= 15 is 0 Å². The van der Waals surface area contributed by atoms with Gasteiger partial charge in [-0.3, -0.25) is 4.98 Å². The standard InChI is InChI=1S/C17H18N2O3/c1-10(2)12-9-22-19-16(12)11-6-5-7-13-15(11)17(21-4)14(20-3)8-18-13/h5-10H,1-4H3. The van der Waals surface area contributed by atoms with Crippen LogP contribution in [0.5, 0.6) is 11.5 Å². The molecule has 22 heavy (non-hydrogen) atoms. The van der Waals surface area contributed by atoms with Gasteiger partial charge >= 0.3 is 0 Å². The summed E-state index contributed by atoms with van der Waals surface area (Å²) in [5.74, 6) is 1.55. The van der Waals surface area contributed by atoms with Gasteiger partial charge < -0.3 is 14.0 Å². The summed E-state index contributed by atoms with van der Waals surface area (Å²) >= 11 is 0. The highest BCUT2D eigenvalue weighted by Crippen LogP contribution is 2.41. The van der Waals surface area contributed by atoms with E-state index in [9.17, 15) is 0 Å². The van der Waals surface area contributed by atoms with Crippen LogP contribution in [-0.4, -0.2) is 24.4 Å². The van der Waals surface area contributed by atoms with Crippen LogP contribution >= 0.6 is 0 Å². The van der Waals surface area contributed by atoms with Gasteiger partial charge in [0.25, 0.3) is 0 Å². The molecule has 0 aliphatic rings. The minimum Gasteiger partial charge on any atom is -0.492 e. The number of hydrogen-bond donors (Lipinski definition) is 0. The molecule has 0 saturated carbocycles. The summed E-state index contributed by atoms with van der Waals surface area (Å²) in [6.45, 7) is 4.22. The fourth-order valence-corrected chi connectivity index (χ4v) is 2.60. The molecule has 0 aliphatic heterocycles. The van der Waals surface area contributed by atoms with Gasteiger partial charge in [0.05, 0.1) is 31.3 Å². The molecule has 5 nitrogen and oxygen atoms in total. The van der Waals surface area contributed by atoms with Gasteiger partial charge in [0, 0.05) is 11.1 Å². The van der Waals surface area contributed by atoms with Gasteiger partial charge in [0.1, 0.15) is 12.0 Å². The molecule has 114 valence electrons. The minimum absolute atomic E-state index is 0.307. The predicted octanol–water partition coefficient (Wildman–Crippen LogP) is 4.03. The molecule has 0 spiro atoms. The predicted molar refractivity (Wildman–Crippen MR) is 84.4 cm³/mol. The second-order valence-electron chi connectivity index (χ2n) is 5.33. The highest BCUT2D eigenvalue weighted by Gasteiger charge is 2.20. The molecule has 0 fully saturated rings. The Morgan fingerprint density at radius 3 is 2.64 bits per heavy atom. The van der Waals surface area contributed by atoms with Crippen molar-refractivity contribution in [1.29, 1.82) is 0 Å². The number of ether oxygens (including phenoxy) is 2. The second-order valence-corrected chi connectivity index (χ2v) is 5.33. The number of hydrogen-bond acceptors (Lipinski definition) is 5. The molecule has 5 heteroatoms. The van der Waals surface area contributed by atoms with Crippen LogP contribution in [0.1, 0.15) is 25.3 Å². The smallest absolute Gasteiger partial charge is 0.179 e. The first-order chi connectivity index (χ1) is 10.7. The van der Waals surface area contributed by atoms with Crippen molar-refractivity contribution in [3.8, 4) is 22.8 Å². The molecule has 0 atom stereocenters. The minimum atomic E-state index is 0.307. The SMILES string of the molecule is COc1cnc2cccc(-c3nocc3C(C)C)c2c1OC. The maximum atomic E-state index is 5.57. The van der Waals surface area contributed by atoms with Crippen LogP contribution in [0.2, 0.25) is 0 Å². The first kappa shape index (κ1) is 14.4. The van der Waals surface area contributed by atoms with Crippen molar-refractivity contribution in [3.05, 3.63) is 36.2 Å². The first-order valence-electron chi connectivity index (χ1n) is 7.11. The van der Waals surface area contributed by atoms with Gasteiger partial charge in [0.2, 0.25) is 0 Å². The van der Waals surface area contributed by atoms with Crippen LogP contribution in [0, 0.1) is 0 Å². The number of pyridine rings is 1. The molecule has 2 aromatic heterocycles. The number of nitrogens with zero attached hydrogens (tertiary/aromatic N) is 2. The van der Waals surface area contributed by atoms with E-state index in [0.717, 1.165) is 27.7 Å². The number of methoxy groups -OCH3 is 2. The molecule has 0 amide bonds. The van der Waals surface area contributed by atoms with Gasteiger partial charge in [-0.2, -0.15) is 0 Å². The normalized spacial score (nSPS) is 11.1. The van der Waals surface area contributed by atoms with Crippen molar-refractivity contribution >= 4 is 10.9 Å². The van der Waals surface area contributed by atoms with Crippen LogP contribution < -0.4 is 9.47 Å². The zero-order chi connectivity index (χ0) is 15.7. The lowest BCUT2D eigenvalue weighted by Crippen LogP contribution is -1.96. The van der Waals surface area contributed by atoms with E-state index < -0.39 is 0 Å². The largest absolute Gasteiger partial charge is 0.492 e. The quantitative estimate of drug-likeness (QED) is 0.728. The fraction of sp³-hybridized carbons (Fsp3) is 0.294. The lowest BCUT2D eigenvalue weighted by molar-refractivity contribution is 0.357. The first-order valence-corrected chi connectivity index (χ1v) is 7.11. The zero-order valence-electron chi connectivity index (χ0n) is 13.1. The molecule has 2 heterocycles. The van der Waals surface area contributed by atoms with E-state index in [0.29, 0.717) is 17.4 Å². The Bertz CT molecular complexity index is 809. The Kier molecular flexibility index (Phi) is 3.71. The Labute approximate surface area is 128 Å². The zero-order valence-corrected chi connectivity index (χ0v) is 13.1. The molecule has 0 unspecified atom stereocenters. The lowest BCUT2D eigenvalue weighted by Gasteiger charge is -2.13. The van der Waals surface area contributed by atoms with E-state index in [1.807, 2.05) is 18.2 Å². The molecule has 0 bridgehead atoms. The van der Waals surface area contributed by atoms with Crippen LogP contribution in [-0.2, 0) is 0 Å². The van der Waals surface area contributed by atoms with Crippen molar-refractivity contribution < 1.29 is 14.0 Å². The summed E-state index contributed by atoms with van der Waals surface area (Å²) < 4.78 is 16.1. The Morgan fingerprint density at radius 1 is 1.14 bits per heavy atom. The van der Waals surface area contributed by atoms with E-state index in [-0.39, 0.29) is 0 Å². The summed E-state index contributed by atoms with van der Waals surface area (Å²) in [7, 11) is 3.23. The number of aromatic nitrogens is 2. The molecule has 3 rings (SSSR count). The molecule has 3 aromatic rings. The van der Waals surface area contributed by atoms with Crippen molar-refractivity contribution in [3.63, 3.8) is 0 Å². The highest BCUT2D eigenvalue weighted by atomic mass is 16.5. The molecule has 0 aliphatic carbocycles. The summed E-state index contributed by atoms with van der Waals surface area (Å²) in [5, 5.41) is 5.06. The van der Waals surface area contributed by atoms with Crippen LogP contribution in [0.15, 0.2) is 35.2 Å². The number of rotatable bonds is 4. The van der Waals surface area contributed by atoms with Gasteiger partial charge in [-0.1, -0.05) is 31.1 Å². The third-order valence-electron chi connectivity index (χ3n) is 3.71. The van der Waals surface area contributed by atoms with Crippen LogP contribution in [0.25, 0.3) is 22.2 Å². The molecular weight excluding hydrogens is 280 g/mol. The molecule has 0 radical (unpaired) electrons. The van der Waals surface area contributed by atoms with Gasteiger partial charge in [0.15, 0.2) is 11.5 Å². The number of benzene rings is 1. The summed E-state index contributed by atoms with van der Waals surface area (Å²) in [6.07, 6.45) is 3.36. The van der Waals surface area contributed by atoms with Crippen molar-refractivity contribution in [2.24, 2.45) is 0 Å². The second kappa shape index (κ2) is 5.67. The molecule has 1 aromatic carbocycles. The van der Waals surface area contributed by atoms with Gasteiger partial charge in [-0.15, -0.1) is 0 Å². The van der Waals surface area contributed by atoms with Gasteiger partial charge in [-0.05, 0) is 12.0 Å². The number of fused-ring (bicyclic) bond motifs is 1. The van der Waals surface area contributed by atoms with E-state index in [4.69, 9.17) is 14.0 Å². The summed E-state index contributed by atoms with van der Waals surface area (Å²) in [6, 6.07) is 5.89. The van der Waals surface area contributed by atoms with Crippen molar-refractivity contribution in [2.45, 2.75) is 19.8 Å². The Balaban J connectivity index is 2.36. The van der Waals surface area contributed by atoms with E-state index in [1.54, 1.807) is 26.7 Å². The maximum Gasteiger partial charge on any atom is 0.179 e. The molecule has 0 N–H and O–H groups in total. The lowest BCUT2D eigenvalue weighted by atomic mass is 9.96. The van der Waals surface area contributed by atoms with E-state index in [1.165, 1.54) is 0 Å². The molecule has 0 saturated heterocycles. The highest BCUT2D eigenvalue weighted by molar-refractivity contribution is 6.00.